The van der Waals surface area contributed by atoms with Gasteiger partial charge < -0.3 is 10.4 Å². The summed E-state index contributed by atoms with van der Waals surface area (Å²) < 4.78 is 0.451. The van der Waals surface area contributed by atoms with E-state index in [1.807, 2.05) is 0 Å². The van der Waals surface area contributed by atoms with Crippen molar-refractivity contribution >= 4 is 27.5 Å². The lowest BCUT2D eigenvalue weighted by molar-refractivity contribution is -0.384. The quantitative estimate of drug-likeness (QED) is 0.648. The van der Waals surface area contributed by atoms with Gasteiger partial charge in [-0.25, -0.2) is 0 Å². The third kappa shape index (κ3) is 3.55. The minimum Gasteiger partial charge on any atom is -0.388 e. The number of hydrogen-bond acceptors (Lipinski definition) is 4. The van der Waals surface area contributed by atoms with Crippen molar-refractivity contribution in [1.29, 1.82) is 0 Å². The van der Waals surface area contributed by atoms with Crippen LogP contribution in [0.15, 0.2) is 22.7 Å². The number of rotatable bonds is 4. The molecule has 6 nitrogen and oxygen atoms in total. The molecular formula is C13H17BrN2O4. The maximum atomic E-state index is 12.2. The normalized spacial score (nSPS) is 12.1. The Morgan fingerprint density at radius 1 is 1.35 bits per heavy atom. The van der Waals surface area contributed by atoms with Gasteiger partial charge in [0.15, 0.2) is 0 Å². The molecule has 0 bridgehead atoms. The van der Waals surface area contributed by atoms with Gasteiger partial charge >= 0.3 is 0 Å². The van der Waals surface area contributed by atoms with Crippen LogP contribution >= 0.6 is 15.9 Å². The Kier molecular flexibility index (Phi) is 4.55. The molecular weight excluding hydrogens is 328 g/mol. The molecule has 0 spiro atoms. The first-order chi connectivity index (χ1) is 8.95. The zero-order valence-electron chi connectivity index (χ0n) is 11.7. The first kappa shape index (κ1) is 16.6. The molecule has 0 saturated carbocycles. The van der Waals surface area contributed by atoms with Crippen molar-refractivity contribution < 1.29 is 14.8 Å². The van der Waals surface area contributed by atoms with E-state index in [0.717, 1.165) is 0 Å². The molecule has 0 radical (unpaired) electrons. The number of nitrogens with zero attached hydrogens (tertiary/aromatic N) is 1. The number of hydrogen-bond donors (Lipinski definition) is 2. The molecule has 0 aliphatic rings. The highest BCUT2D eigenvalue weighted by Crippen LogP contribution is 2.25. The molecule has 2 N–H and O–H groups in total. The van der Waals surface area contributed by atoms with Crippen LogP contribution in [0.5, 0.6) is 0 Å². The van der Waals surface area contributed by atoms with E-state index in [1.54, 1.807) is 27.7 Å². The van der Waals surface area contributed by atoms with Crippen LogP contribution in [0.2, 0.25) is 0 Å². The van der Waals surface area contributed by atoms with E-state index in [-0.39, 0.29) is 11.3 Å². The lowest BCUT2D eigenvalue weighted by Crippen LogP contribution is -2.57. The number of nitro benzene ring substituents is 1. The zero-order chi connectivity index (χ0) is 15.7. The van der Waals surface area contributed by atoms with Crippen LogP contribution in [0.1, 0.15) is 38.1 Å². The fraction of sp³-hybridized carbons (Fsp3) is 0.462. The van der Waals surface area contributed by atoms with E-state index < -0.39 is 22.0 Å². The van der Waals surface area contributed by atoms with Crippen LogP contribution in [0.3, 0.4) is 0 Å². The molecule has 110 valence electrons. The number of carbonyl (C=O) groups excluding carboxylic acids is 1. The van der Waals surface area contributed by atoms with E-state index in [0.29, 0.717) is 4.47 Å². The summed E-state index contributed by atoms with van der Waals surface area (Å²) in [6, 6.07) is 3.95. The fourth-order valence-electron chi connectivity index (χ4n) is 1.30. The molecule has 1 rings (SSSR count). The molecule has 0 atom stereocenters. The minimum absolute atomic E-state index is 0.150. The second kappa shape index (κ2) is 5.49. The summed E-state index contributed by atoms with van der Waals surface area (Å²) in [4.78, 5) is 22.4. The molecule has 0 aliphatic carbocycles. The Morgan fingerprint density at radius 2 is 1.90 bits per heavy atom. The number of halogens is 1. The third-order valence-corrected chi connectivity index (χ3v) is 4.05. The largest absolute Gasteiger partial charge is 0.388 e. The summed E-state index contributed by atoms with van der Waals surface area (Å²) >= 11 is 3.19. The summed E-state index contributed by atoms with van der Waals surface area (Å²) in [5.74, 6) is -0.493. The average molecular weight is 345 g/mol. The maximum absolute atomic E-state index is 12.2. The Hall–Kier alpha value is -1.47. The third-order valence-electron chi connectivity index (χ3n) is 3.36. The van der Waals surface area contributed by atoms with Crippen LogP contribution in [0.4, 0.5) is 5.69 Å². The van der Waals surface area contributed by atoms with Crippen molar-refractivity contribution in [3.8, 4) is 0 Å². The molecule has 0 aromatic heterocycles. The van der Waals surface area contributed by atoms with Gasteiger partial charge in [-0.15, -0.1) is 0 Å². The van der Waals surface area contributed by atoms with Gasteiger partial charge in [-0.2, -0.15) is 0 Å². The van der Waals surface area contributed by atoms with Gasteiger partial charge in [-0.3, -0.25) is 14.9 Å². The van der Waals surface area contributed by atoms with Crippen molar-refractivity contribution in [2.24, 2.45) is 0 Å². The number of nitrogens with one attached hydrogen (secondary N) is 1. The number of nitro groups is 1. The Morgan fingerprint density at radius 3 is 2.35 bits per heavy atom. The lowest BCUT2D eigenvalue weighted by atomic mass is 9.85. The summed E-state index contributed by atoms with van der Waals surface area (Å²) in [7, 11) is 0. The lowest BCUT2D eigenvalue weighted by Gasteiger charge is -2.38. The smallest absolute Gasteiger partial charge is 0.270 e. The number of carbonyl (C=O) groups is 1. The standard InChI is InChI=1S/C13H17BrN2O4/c1-12(2,13(3,4)18)15-11(17)9-7-8(16(19)20)5-6-10(9)14/h5-7,18H,1-4H3,(H,15,17). The van der Waals surface area contributed by atoms with Gasteiger partial charge in [0.1, 0.15) is 0 Å². The van der Waals surface area contributed by atoms with Crippen molar-refractivity contribution in [2.75, 3.05) is 0 Å². The minimum atomic E-state index is -1.14. The molecule has 1 amide bonds. The van der Waals surface area contributed by atoms with Crippen molar-refractivity contribution in [3.05, 3.63) is 38.3 Å². The van der Waals surface area contributed by atoms with Crippen molar-refractivity contribution in [3.63, 3.8) is 0 Å². The first-order valence-corrected chi connectivity index (χ1v) is 6.74. The molecule has 20 heavy (non-hydrogen) atoms. The average Bonchev–Trinajstić information content (AvgIpc) is 2.26. The molecule has 0 saturated heterocycles. The Bertz CT molecular complexity index is 550. The van der Waals surface area contributed by atoms with E-state index >= 15 is 0 Å². The van der Waals surface area contributed by atoms with E-state index in [9.17, 15) is 20.0 Å². The predicted octanol–water partition coefficient (Wildman–Crippen LogP) is 2.64. The fourth-order valence-corrected chi connectivity index (χ4v) is 1.73. The topological polar surface area (TPSA) is 92.5 Å². The molecule has 1 aromatic rings. The number of benzene rings is 1. The van der Waals surface area contributed by atoms with E-state index in [4.69, 9.17) is 0 Å². The molecule has 0 unspecified atom stereocenters. The van der Waals surface area contributed by atoms with Crippen molar-refractivity contribution in [1.82, 2.24) is 5.32 Å². The van der Waals surface area contributed by atoms with Crippen LogP contribution in [0, 0.1) is 10.1 Å². The highest BCUT2D eigenvalue weighted by molar-refractivity contribution is 9.10. The van der Waals surface area contributed by atoms with E-state index in [2.05, 4.69) is 21.2 Å². The van der Waals surface area contributed by atoms with Crippen LogP contribution in [0.25, 0.3) is 0 Å². The Balaban J connectivity index is 3.10. The Labute approximate surface area is 125 Å². The molecule has 0 fully saturated rings. The van der Waals surface area contributed by atoms with E-state index in [1.165, 1.54) is 18.2 Å². The molecule has 7 heteroatoms. The van der Waals surface area contributed by atoms with Gasteiger partial charge in [0.05, 0.1) is 21.6 Å². The van der Waals surface area contributed by atoms with Crippen LogP contribution < -0.4 is 5.32 Å². The number of non-ortho nitro benzene ring substituents is 1. The maximum Gasteiger partial charge on any atom is 0.270 e. The monoisotopic (exact) mass is 344 g/mol. The number of aliphatic hydroxyl groups is 1. The van der Waals surface area contributed by atoms with Crippen molar-refractivity contribution in [2.45, 2.75) is 38.8 Å². The second-order valence-corrected chi connectivity index (χ2v) is 6.41. The van der Waals surface area contributed by atoms with Gasteiger partial charge in [0, 0.05) is 16.6 Å². The van der Waals surface area contributed by atoms with Gasteiger partial charge in [-0.05, 0) is 49.7 Å². The summed E-state index contributed by atoms with van der Waals surface area (Å²) in [6.45, 7) is 6.51. The highest BCUT2D eigenvalue weighted by Gasteiger charge is 2.37. The summed E-state index contributed by atoms with van der Waals surface area (Å²) in [5.41, 5.74) is -2.06. The van der Waals surface area contributed by atoms with Gasteiger partial charge in [0.25, 0.3) is 11.6 Å². The van der Waals surface area contributed by atoms with Gasteiger partial charge in [0.2, 0.25) is 0 Å². The van der Waals surface area contributed by atoms with Crippen LogP contribution in [-0.2, 0) is 0 Å². The highest BCUT2D eigenvalue weighted by atomic mass is 79.9. The number of amides is 1. The van der Waals surface area contributed by atoms with Crippen LogP contribution in [-0.4, -0.2) is 27.1 Å². The molecule has 0 aliphatic heterocycles. The summed E-state index contributed by atoms with van der Waals surface area (Å²) in [6.07, 6.45) is 0. The van der Waals surface area contributed by atoms with Gasteiger partial charge in [-0.1, -0.05) is 0 Å². The SMILES string of the molecule is CC(C)(O)C(C)(C)NC(=O)c1cc([N+](=O)[O-])ccc1Br. The molecule has 1 aromatic carbocycles. The molecule has 0 heterocycles. The predicted molar refractivity (Wildman–Crippen MR) is 78.6 cm³/mol. The first-order valence-electron chi connectivity index (χ1n) is 5.94. The zero-order valence-corrected chi connectivity index (χ0v) is 13.3. The summed E-state index contributed by atoms with van der Waals surface area (Å²) in [5, 5.41) is 23.4. The second-order valence-electron chi connectivity index (χ2n) is 5.56.